The summed E-state index contributed by atoms with van der Waals surface area (Å²) in [6.07, 6.45) is 1.51. The Balaban J connectivity index is 3.02. The van der Waals surface area contributed by atoms with Crippen LogP contribution in [-0.4, -0.2) is 65.8 Å². The average Bonchev–Trinajstić information content (AvgIpc) is 2.61. The first kappa shape index (κ1) is 19.9. The quantitative estimate of drug-likeness (QED) is 0.853. The SMILES string of the molecule is CC(N1CC(O)CC1CN(C(C)(C)C)S(C)(=O)=O)C(C)(C)C. The van der Waals surface area contributed by atoms with Crippen molar-refractivity contribution in [1.29, 1.82) is 0 Å². The molecule has 0 aromatic heterocycles. The van der Waals surface area contributed by atoms with E-state index in [9.17, 15) is 13.5 Å². The molecule has 1 aliphatic rings. The number of rotatable bonds is 4. The summed E-state index contributed by atoms with van der Waals surface area (Å²) in [5.74, 6) is 0. The van der Waals surface area contributed by atoms with E-state index in [-0.39, 0.29) is 23.6 Å². The number of aliphatic hydroxyl groups excluding tert-OH is 1. The van der Waals surface area contributed by atoms with Gasteiger partial charge in [-0.1, -0.05) is 20.8 Å². The second-order valence-electron chi connectivity index (χ2n) is 8.75. The molecule has 1 fully saturated rings. The summed E-state index contributed by atoms with van der Waals surface area (Å²) < 4.78 is 25.9. The molecule has 1 rings (SSSR count). The molecule has 0 bridgehead atoms. The molecule has 0 aromatic carbocycles. The first-order valence-electron chi connectivity index (χ1n) is 8.05. The number of likely N-dealkylation sites (tertiary alicyclic amines) is 1. The highest BCUT2D eigenvalue weighted by molar-refractivity contribution is 7.88. The lowest BCUT2D eigenvalue weighted by atomic mass is 9.86. The Morgan fingerprint density at radius 2 is 1.73 bits per heavy atom. The molecule has 3 unspecified atom stereocenters. The summed E-state index contributed by atoms with van der Waals surface area (Å²) >= 11 is 0. The molecule has 3 atom stereocenters. The Kier molecular flexibility index (Phi) is 5.76. The van der Waals surface area contributed by atoms with Gasteiger partial charge in [-0.05, 0) is 39.5 Å². The van der Waals surface area contributed by atoms with Crippen LogP contribution in [-0.2, 0) is 10.0 Å². The van der Waals surface area contributed by atoms with Crippen molar-refractivity contribution >= 4 is 10.0 Å². The molecule has 1 N–H and O–H groups in total. The third kappa shape index (κ3) is 4.91. The van der Waals surface area contributed by atoms with E-state index in [0.717, 1.165) is 0 Å². The van der Waals surface area contributed by atoms with Gasteiger partial charge in [0, 0.05) is 30.7 Å². The van der Waals surface area contributed by atoms with Gasteiger partial charge >= 0.3 is 0 Å². The number of β-amino-alcohol motifs (C(OH)–C–C–N with tert-alkyl or cyclic N) is 1. The lowest BCUT2D eigenvalue weighted by Crippen LogP contribution is -2.53. The van der Waals surface area contributed by atoms with Crippen molar-refractivity contribution in [3.8, 4) is 0 Å². The van der Waals surface area contributed by atoms with Crippen LogP contribution in [0, 0.1) is 5.41 Å². The third-order valence-corrected chi connectivity index (χ3v) is 6.21. The topological polar surface area (TPSA) is 60.9 Å². The highest BCUT2D eigenvalue weighted by Crippen LogP contribution is 2.32. The van der Waals surface area contributed by atoms with Gasteiger partial charge in [0.1, 0.15) is 0 Å². The maximum absolute atomic E-state index is 12.2. The summed E-state index contributed by atoms with van der Waals surface area (Å²) in [5.41, 5.74) is -0.377. The summed E-state index contributed by atoms with van der Waals surface area (Å²) in [6, 6.07) is 0.328. The van der Waals surface area contributed by atoms with Gasteiger partial charge in [-0.15, -0.1) is 0 Å². The zero-order chi connectivity index (χ0) is 17.5. The van der Waals surface area contributed by atoms with E-state index in [1.807, 2.05) is 20.8 Å². The Morgan fingerprint density at radius 1 is 1.23 bits per heavy atom. The second-order valence-corrected chi connectivity index (χ2v) is 10.7. The largest absolute Gasteiger partial charge is 0.392 e. The molecule has 22 heavy (non-hydrogen) atoms. The van der Waals surface area contributed by atoms with Crippen LogP contribution in [0.3, 0.4) is 0 Å². The summed E-state index contributed by atoms with van der Waals surface area (Å²) in [5, 5.41) is 10.1. The number of hydrogen-bond acceptors (Lipinski definition) is 4. The Bertz CT molecular complexity index is 477. The fourth-order valence-electron chi connectivity index (χ4n) is 3.17. The monoisotopic (exact) mass is 334 g/mol. The second kappa shape index (κ2) is 6.38. The molecule has 0 aromatic rings. The Labute approximate surface area is 136 Å². The standard InChI is InChI=1S/C16H34N2O3S/c1-12(15(2,3)4)17-11-14(19)9-13(17)10-18(16(5,6)7)22(8,20)21/h12-14,19H,9-11H2,1-8H3. The van der Waals surface area contributed by atoms with Gasteiger partial charge in [-0.2, -0.15) is 4.31 Å². The average molecular weight is 335 g/mol. The van der Waals surface area contributed by atoms with Crippen LogP contribution in [0.2, 0.25) is 0 Å². The van der Waals surface area contributed by atoms with Crippen LogP contribution >= 0.6 is 0 Å². The first-order chi connectivity index (χ1) is 9.64. The van der Waals surface area contributed by atoms with Crippen molar-refractivity contribution in [2.45, 2.75) is 78.6 Å². The minimum Gasteiger partial charge on any atom is -0.392 e. The van der Waals surface area contributed by atoms with E-state index in [1.165, 1.54) is 6.26 Å². The molecular formula is C16H34N2O3S. The highest BCUT2D eigenvalue weighted by Gasteiger charge is 2.41. The van der Waals surface area contributed by atoms with Crippen molar-refractivity contribution in [3.63, 3.8) is 0 Å². The molecule has 0 amide bonds. The van der Waals surface area contributed by atoms with E-state index in [2.05, 4.69) is 32.6 Å². The van der Waals surface area contributed by atoms with Crippen LogP contribution in [0.25, 0.3) is 0 Å². The fraction of sp³-hybridized carbons (Fsp3) is 1.00. The normalized spacial score (nSPS) is 26.6. The van der Waals surface area contributed by atoms with Gasteiger partial charge in [0.2, 0.25) is 10.0 Å². The molecular weight excluding hydrogens is 300 g/mol. The predicted octanol–water partition coefficient (Wildman–Crippen LogP) is 1.92. The Morgan fingerprint density at radius 3 is 2.09 bits per heavy atom. The fourth-order valence-corrected chi connectivity index (χ4v) is 4.60. The van der Waals surface area contributed by atoms with Crippen LogP contribution in [0.15, 0.2) is 0 Å². The zero-order valence-corrected chi connectivity index (χ0v) is 16.2. The molecule has 1 aliphatic heterocycles. The lowest BCUT2D eigenvalue weighted by molar-refractivity contribution is 0.0745. The molecule has 1 saturated heterocycles. The molecule has 0 radical (unpaired) electrons. The van der Waals surface area contributed by atoms with Crippen molar-refractivity contribution in [1.82, 2.24) is 9.21 Å². The molecule has 5 nitrogen and oxygen atoms in total. The van der Waals surface area contributed by atoms with Gasteiger partial charge in [0.25, 0.3) is 0 Å². The van der Waals surface area contributed by atoms with E-state index >= 15 is 0 Å². The van der Waals surface area contributed by atoms with Gasteiger partial charge in [0.15, 0.2) is 0 Å². The van der Waals surface area contributed by atoms with Crippen LogP contribution < -0.4 is 0 Å². The number of hydrogen-bond donors (Lipinski definition) is 1. The van der Waals surface area contributed by atoms with E-state index < -0.39 is 15.6 Å². The van der Waals surface area contributed by atoms with E-state index in [0.29, 0.717) is 19.5 Å². The first-order valence-corrected chi connectivity index (χ1v) is 9.90. The van der Waals surface area contributed by atoms with Crippen molar-refractivity contribution in [2.75, 3.05) is 19.3 Å². The minimum atomic E-state index is -3.29. The summed E-state index contributed by atoms with van der Waals surface area (Å²) in [4.78, 5) is 2.27. The zero-order valence-electron chi connectivity index (χ0n) is 15.4. The molecule has 132 valence electrons. The summed E-state index contributed by atoms with van der Waals surface area (Å²) in [6.45, 7) is 15.5. The minimum absolute atomic E-state index is 0.0539. The Hall–Kier alpha value is -0.170. The van der Waals surface area contributed by atoms with Crippen molar-refractivity contribution in [2.24, 2.45) is 5.41 Å². The predicted molar refractivity (Wildman–Crippen MR) is 91.3 cm³/mol. The van der Waals surface area contributed by atoms with Gasteiger partial charge < -0.3 is 5.11 Å². The number of sulfonamides is 1. The van der Waals surface area contributed by atoms with Gasteiger partial charge in [-0.3, -0.25) is 4.90 Å². The van der Waals surface area contributed by atoms with Crippen LogP contribution in [0.1, 0.15) is 54.9 Å². The van der Waals surface area contributed by atoms with Gasteiger partial charge in [0.05, 0.1) is 12.4 Å². The van der Waals surface area contributed by atoms with Crippen molar-refractivity contribution in [3.05, 3.63) is 0 Å². The van der Waals surface area contributed by atoms with Crippen LogP contribution in [0.5, 0.6) is 0 Å². The lowest BCUT2D eigenvalue weighted by Gasteiger charge is -2.42. The molecule has 0 aliphatic carbocycles. The molecule has 1 heterocycles. The summed E-state index contributed by atoms with van der Waals surface area (Å²) in [7, 11) is -3.29. The molecule has 0 spiro atoms. The van der Waals surface area contributed by atoms with E-state index in [1.54, 1.807) is 4.31 Å². The number of nitrogens with zero attached hydrogens (tertiary/aromatic N) is 2. The number of aliphatic hydroxyl groups is 1. The van der Waals surface area contributed by atoms with E-state index in [4.69, 9.17) is 0 Å². The maximum atomic E-state index is 12.2. The highest BCUT2D eigenvalue weighted by atomic mass is 32.2. The molecule has 0 saturated carbocycles. The van der Waals surface area contributed by atoms with Gasteiger partial charge in [-0.25, -0.2) is 8.42 Å². The molecule has 6 heteroatoms. The smallest absolute Gasteiger partial charge is 0.211 e. The maximum Gasteiger partial charge on any atom is 0.211 e. The van der Waals surface area contributed by atoms with Crippen LogP contribution in [0.4, 0.5) is 0 Å². The van der Waals surface area contributed by atoms with Crippen molar-refractivity contribution < 1.29 is 13.5 Å². The third-order valence-electron chi connectivity index (χ3n) is 4.71.